The van der Waals surface area contributed by atoms with Gasteiger partial charge in [0, 0.05) is 31.7 Å². The van der Waals surface area contributed by atoms with Crippen LogP contribution in [0.25, 0.3) is 0 Å². The monoisotopic (exact) mass is 342 g/mol. The first-order valence-electron chi connectivity index (χ1n) is 8.68. The van der Waals surface area contributed by atoms with Gasteiger partial charge in [0.1, 0.15) is 6.04 Å². The smallest absolute Gasteiger partial charge is 0.251 e. The number of aryl methyl sites for hydroxylation is 1. The van der Waals surface area contributed by atoms with E-state index in [2.05, 4.69) is 16.3 Å². The highest BCUT2D eigenvalue weighted by Gasteiger charge is 2.27. The highest BCUT2D eigenvalue weighted by atomic mass is 16.2. The number of rotatable bonds is 5. The van der Waals surface area contributed by atoms with Crippen LogP contribution in [-0.4, -0.2) is 60.4 Å². The molecular weight excluding hydrogens is 316 g/mol. The molecule has 1 aliphatic heterocycles. The number of nitrogens with zero attached hydrogens (tertiary/aromatic N) is 3. The largest absolute Gasteiger partial charge is 0.343 e. The fourth-order valence-corrected chi connectivity index (χ4v) is 2.98. The molecule has 2 rings (SSSR count). The van der Waals surface area contributed by atoms with Crippen LogP contribution >= 0.6 is 0 Å². The Labute approximate surface area is 149 Å². The average Bonchev–Trinajstić information content (AvgIpc) is 2.61. The van der Waals surface area contributed by atoms with E-state index in [-0.39, 0.29) is 30.3 Å². The van der Waals surface area contributed by atoms with Gasteiger partial charge in [0.05, 0.1) is 12.6 Å². The van der Waals surface area contributed by atoms with Crippen molar-refractivity contribution in [1.29, 1.82) is 5.26 Å². The van der Waals surface area contributed by atoms with Gasteiger partial charge in [0.15, 0.2) is 0 Å². The second-order valence-corrected chi connectivity index (χ2v) is 6.78. The Morgan fingerprint density at radius 2 is 1.76 bits per heavy atom. The lowest BCUT2D eigenvalue weighted by atomic mass is 10.0. The van der Waals surface area contributed by atoms with Gasteiger partial charge in [0.25, 0.3) is 5.91 Å². The highest BCUT2D eigenvalue weighted by Crippen LogP contribution is 2.13. The third-order valence-electron chi connectivity index (χ3n) is 4.54. The van der Waals surface area contributed by atoms with Crippen LogP contribution in [0.2, 0.25) is 0 Å². The maximum Gasteiger partial charge on any atom is 0.251 e. The number of nitriles is 1. The molecule has 1 heterocycles. The predicted molar refractivity (Wildman–Crippen MR) is 95.9 cm³/mol. The van der Waals surface area contributed by atoms with Crippen molar-refractivity contribution in [2.75, 3.05) is 32.7 Å². The van der Waals surface area contributed by atoms with Crippen LogP contribution in [0.15, 0.2) is 24.3 Å². The molecule has 0 spiro atoms. The maximum absolute atomic E-state index is 12.3. The minimum absolute atomic E-state index is 0.00142. The number of carbonyl (C=O) groups is 2. The molecule has 1 aliphatic rings. The van der Waals surface area contributed by atoms with Gasteiger partial charge in [0.2, 0.25) is 5.91 Å². The number of nitrogens with one attached hydrogen (secondary N) is 1. The van der Waals surface area contributed by atoms with E-state index in [1.54, 1.807) is 17.0 Å². The molecule has 0 aromatic heterocycles. The molecule has 0 unspecified atom stereocenters. The molecule has 6 heteroatoms. The number of hydrogen-bond acceptors (Lipinski definition) is 4. The second kappa shape index (κ2) is 8.63. The molecule has 0 bridgehead atoms. The van der Waals surface area contributed by atoms with Crippen molar-refractivity contribution in [2.45, 2.75) is 26.8 Å². The van der Waals surface area contributed by atoms with Crippen molar-refractivity contribution in [3.05, 3.63) is 35.4 Å². The van der Waals surface area contributed by atoms with Gasteiger partial charge in [-0.2, -0.15) is 5.26 Å². The number of piperazine rings is 1. The van der Waals surface area contributed by atoms with Crippen LogP contribution in [0.3, 0.4) is 0 Å². The Balaban J connectivity index is 1.80. The van der Waals surface area contributed by atoms with Gasteiger partial charge in [-0.3, -0.25) is 14.5 Å². The molecule has 0 aliphatic carbocycles. The fraction of sp³-hybridized carbons (Fsp3) is 0.526. The van der Waals surface area contributed by atoms with Gasteiger partial charge >= 0.3 is 0 Å². The zero-order valence-corrected chi connectivity index (χ0v) is 15.2. The summed E-state index contributed by atoms with van der Waals surface area (Å²) in [7, 11) is 0. The van der Waals surface area contributed by atoms with Crippen molar-refractivity contribution in [2.24, 2.45) is 5.92 Å². The van der Waals surface area contributed by atoms with Crippen LogP contribution in [0, 0.1) is 24.2 Å². The van der Waals surface area contributed by atoms with Crippen LogP contribution in [0.5, 0.6) is 0 Å². The van der Waals surface area contributed by atoms with E-state index in [1.807, 2.05) is 32.9 Å². The van der Waals surface area contributed by atoms with Gasteiger partial charge in [-0.25, -0.2) is 0 Å². The minimum atomic E-state index is -0.240. The number of amides is 2. The molecule has 0 saturated carbocycles. The summed E-state index contributed by atoms with van der Waals surface area (Å²) in [6, 6.07) is 9.48. The van der Waals surface area contributed by atoms with Crippen LogP contribution in [0.4, 0.5) is 0 Å². The van der Waals surface area contributed by atoms with Crippen molar-refractivity contribution < 1.29 is 9.59 Å². The minimum Gasteiger partial charge on any atom is -0.343 e. The predicted octanol–water partition coefficient (Wildman–Crippen LogP) is 1.42. The zero-order chi connectivity index (χ0) is 18.4. The number of carbonyl (C=O) groups excluding carboxylic acids is 2. The first-order valence-corrected chi connectivity index (χ1v) is 8.68. The first kappa shape index (κ1) is 18.9. The molecule has 25 heavy (non-hydrogen) atoms. The van der Waals surface area contributed by atoms with Crippen LogP contribution < -0.4 is 5.32 Å². The lowest BCUT2D eigenvalue weighted by molar-refractivity contribution is -0.132. The summed E-state index contributed by atoms with van der Waals surface area (Å²) < 4.78 is 0. The molecule has 1 atom stereocenters. The summed E-state index contributed by atoms with van der Waals surface area (Å²) in [5, 5.41) is 12.0. The van der Waals surface area contributed by atoms with Crippen LogP contribution in [-0.2, 0) is 4.79 Å². The molecule has 1 aromatic carbocycles. The Morgan fingerprint density at radius 1 is 1.16 bits per heavy atom. The Hall–Kier alpha value is -2.39. The lowest BCUT2D eigenvalue weighted by Crippen LogP contribution is -2.54. The van der Waals surface area contributed by atoms with Crippen LogP contribution in [0.1, 0.15) is 29.8 Å². The first-order chi connectivity index (χ1) is 11.9. The van der Waals surface area contributed by atoms with Gasteiger partial charge < -0.3 is 10.2 Å². The van der Waals surface area contributed by atoms with E-state index in [4.69, 9.17) is 0 Å². The van der Waals surface area contributed by atoms with E-state index in [9.17, 15) is 14.9 Å². The standard InChI is InChI=1S/C19H26N4O2/c1-14(2)17(12-20)22-8-10-23(11-9-22)18(24)13-21-19(25)16-6-4-15(3)5-7-16/h4-7,14,17H,8-11,13H2,1-3H3,(H,21,25)/t17-/m1/s1. The van der Waals surface area contributed by atoms with E-state index in [0.717, 1.165) is 5.56 Å². The number of benzene rings is 1. The van der Waals surface area contributed by atoms with E-state index < -0.39 is 0 Å². The van der Waals surface area contributed by atoms with E-state index in [1.165, 1.54) is 0 Å². The SMILES string of the molecule is Cc1ccc(C(=O)NCC(=O)N2CCN([C@H](C#N)C(C)C)CC2)cc1. The summed E-state index contributed by atoms with van der Waals surface area (Å²) in [5.41, 5.74) is 1.64. The fourth-order valence-electron chi connectivity index (χ4n) is 2.98. The Bertz CT molecular complexity index is 640. The Kier molecular flexibility index (Phi) is 6.54. The van der Waals surface area contributed by atoms with Crippen molar-refractivity contribution in [3.8, 4) is 6.07 Å². The zero-order valence-electron chi connectivity index (χ0n) is 15.2. The molecular formula is C19H26N4O2. The van der Waals surface area contributed by atoms with Gasteiger partial charge in [-0.15, -0.1) is 0 Å². The molecule has 1 aromatic rings. The normalized spacial score (nSPS) is 16.4. The third-order valence-corrected chi connectivity index (χ3v) is 4.54. The number of hydrogen-bond donors (Lipinski definition) is 1. The topological polar surface area (TPSA) is 76.4 Å². The molecule has 1 saturated heterocycles. The molecule has 6 nitrogen and oxygen atoms in total. The highest BCUT2D eigenvalue weighted by molar-refractivity contribution is 5.96. The third kappa shape index (κ3) is 5.04. The van der Waals surface area contributed by atoms with Crippen molar-refractivity contribution in [1.82, 2.24) is 15.1 Å². The molecule has 134 valence electrons. The van der Waals surface area contributed by atoms with Crippen molar-refractivity contribution in [3.63, 3.8) is 0 Å². The summed E-state index contributed by atoms with van der Waals surface area (Å²) in [6.07, 6.45) is 0. The van der Waals surface area contributed by atoms with Crippen molar-refractivity contribution >= 4 is 11.8 Å². The molecule has 2 amide bonds. The molecule has 1 N–H and O–H groups in total. The summed E-state index contributed by atoms with van der Waals surface area (Å²) in [5.74, 6) is -0.0597. The van der Waals surface area contributed by atoms with E-state index >= 15 is 0 Å². The average molecular weight is 342 g/mol. The summed E-state index contributed by atoms with van der Waals surface area (Å²) in [4.78, 5) is 28.2. The second-order valence-electron chi connectivity index (χ2n) is 6.78. The summed E-state index contributed by atoms with van der Waals surface area (Å²) in [6.45, 7) is 8.58. The lowest BCUT2D eigenvalue weighted by Gasteiger charge is -2.38. The Morgan fingerprint density at radius 3 is 2.28 bits per heavy atom. The van der Waals surface area contributed by atoms with Gasteiger partial charge in [-0.05, 0) is 25.0 Å². The molecule has 1 fully saturated rings. The van der Waals surface area contributed by atoms with E-state index in [0.29, 0.717) is 31.7 Å². The summed E-state index contributed by atoms with van der Waals surface area (Å²) >= 11 is 0. The van der Waals surface area contributed by atoms with Gasteiger partial charge in [-0.1, -0.05) is 31.5 Å². The quantitative estimate of drug-likeness (QED) is 0.878. The molecule has 0 radical (unpaired) electrons. The maximum atomic E-state index is 12.3.